The number of hydrogen-bond donors (Lipinski definition) is 0. The molecule has 1 heterocycles. The van der Waals surface area contributed by atoms with E-state index in [0.717, 1.165) is 27.1 Å². The molecule has 0 bridgehead atoms. The van der Waals surface area contributed by atoms with Crippen molar-refractivity contribution in [3.63, 3.8) is 0 Å². The molecular formula is C24H27N3O5S2. The van der Waals surface area contributed by atoms with Crippen LogP contribution in [0.15, 0.2) is 57.8 Å². The van der Waals surface area contributed by atoms with E-state index in [1.807, 2.05) is 31.2 Å². The SMILES string of the molecule is COc1ccc(-c2sc(C(=O)N(C)OC)cc2C)cc1-c1ccc(S(=O)(=O)N=CN(C)C)cc1. The average Bonchev–Trinajstić information content (AvgIpc) is 3.23. The molecular weight excluding hydrogens is 474 g/mol. The normalized spacial score (nSPS) is 11.6. The van der Waals surface area contributed by atoms with E-state index in [1.165, 1.54) is 42.0 Å². The Kier molecular flexibility index (Phi) is 7.75. The standard InChI is InChI=1S/C24H27N3O5S2/c1-16-13-22(24(28)27(4)32-6)33-23(16)18-9-12-21(31-5)20(14-18)17-7-10-19(11-8-17)34(29,30)25-15-26(2)3/h7-15H,1-6H3. The lowest BCUT2D eigenvalue weighted by atomic mass is 10.0. The lowest BCUT2D eigenvalue weighted by Gasteiger charge is -2.12. The van der Waals surface area contributed by atoms with Gasteiger partial charge in [0.15, 0.2) is 0 Å². The highest BCUT2D eigenvalue weighted by Gasteiger charge is 2.19. The summed E-state index contributed by atoms with van der Waals surface area (Å²) in [5, 5.41) is 1.19. The number of sulfonamides is 1. The second-order valence-corrected chi connectivity index (χ2v) is 10.4. The van der Waals surface area contributed by atoms with Crippen LogP contribution in [-0.4, -0.2) is 66.0 Å². The summed E-state index contributed by atoms with van der Waals surface area (Å²) in [4.78, 5) is 20.7. The maximum atomic E-state index is 12.5. The predicted molar refractivity (Wildman–Crippen MR) is 135 cm³/mol. The fourth-order valence-corrected chi connectivity index (χ4v) is 5.26. The number of carbonyl (C=O) groups excluding carboxylic acids is 1. The van der Waals surface area contributed by atoms with Crippen molar-refractivity contribution in [2.24, 2.45) is 4.40 Å². The summed E-state index contributed by atoms with van der Waals surface area (Å²) in [5.74, 6) is 0.430. The minimum absolute atomic E-state index is 0.101. The van der Waals surface area contributed by atoms with E-state index in [2.05, 4.69) is 4.40 Å². The number of nitrogens with zero attached hydrogens (tertiary/aromatic N) is 3. The molecule has 0 radical (unpaired) electrons. The number of thiophene rings is 1. The van der Waals surface area contributed by atoms with Gasteiger partial charge in [-0.05, 0) is 60.0 Å². The van der Waals surface area contributed by atoms with Gasteiger partial charge >= 0.3 is 0 Å². The van der Waals surface area contributed by atoms with Crippen LogP contribution >= 0.6 is 11.3 Å². The average molecular weight is 502 g/mol. The molecule has 8 nitrogen and oxygen atoms in total. The van der Waals surface area contributed by atoms with Gasteiger partial charge in [-0.25, -0.2) is 5.06 Å². The van der Waals surface area contributed by atoms with Gasteiger partial charge in [0.25, 0.3) is 15.9 Å². The third kappa shape index (κ3) is 5.46. The Hall–Kier alpha value is -3.21. The van der Waals surface area contributed by atoms with Crippen LogP contribution < -0.4 is 4.74 Å². The van der Waals surface area contributed by atoms with Gasteiger partial charge in [-0.15, -0.1) is 15.7 Å². The van der Waals surface area contributed by atoms with Gasteiger partial charge in [-0.1, -0.05) is 12.1 Å². The van der Waals surface area contributed by atoms with Gasteiger partial charge in [-0.2, -0.15) is 8.42 Å². The predicted octanol–water partition coefficient (Wildman–Crippen LogP) is 4.31. The van der Waals surface area contributed by atoms with Gasteiger partial charge in [0, 0.05) is 31.6 Å². The molecule has 1 amide bonds. The largest absolute Gasteiger partial charge is 0.496 e. The highest BCUT2D eigenvalue weighted by atomic mass is 32.2. The molecule has 1 aromatic heterocycles. The van der Waals surface area contributed by atoms with Crippen LogP contribution in [0.5, 0.6) is 5.75 Å². The van der Waals surface area contributed by atoms with Crippen molar-refractivity contribution in [1.82, 2.24) is 9.96 Å². The second-order valence-electron chi connectivity index (χ2n) is 7.71. The van der Waals surface area contributed by atoms with Gasteiger partial charge in [0.05, 0.1) is 24.0 Å². The third-order valence-electron chi connectivity index (χ3n) is 5.03. The Morgan fingerprint density at radius 3 is 2.24 bits per heavy atom. The fourth-order valence-electron chi connectivity index (χ4n) is 3.21. The van der Waals surface area contributed by atoms with E-state index in [0.29, 0.717) is 10.6 Å². The van der Waals surface area contributed by atoms with Crippen LogP contribution in [0.2, 0.25) is 0 Å². The van der Waals surface area contributed by atoms with E-state index < -0.39 is 10.0 Å². The first kappa shape index (κ1) is 25.4. The summed E-state index contributed by atoms with van der Waals surface area (Å²) in [7, 11) is 4.21. The lowest BCUT2D eigenvalue weighted by molar-refractivity contribution is -0.0753. The number of hydroxylamine groups is 2. The van der Waals surface area contributed by atoms with Crippen molar-refractivity contribution >= 4 is 33.6 Å². The maximum Gasteiger partial charge on any atom is 0.287 e. The van der Waals surface area contributed by atoms with Crippen molar-refractivity contribution in [3.8, 4) is 27.3 Å². The number of ether oxygens (including phenoxy) is 1. The molecule has 0 saturated heterocycles. The fraction of sp³-hybridized carbons (Fsp3) is 0.250. The number of benzene rings is 2. The minimum atomic E-state index is -3.79. The van der Waals surface area contributed by atoms with Gasteiger partial charge in [-0.3, -0.25) is 9.63 Å². The Bertz CT molecular complexity index is 1310. The maximum absolute atomic E-state index is 12.5. The molecule has 3 rings (SSSR count). The number of carbonyl (C=O) groups is 1. The summed E-state index contributed by atoms with van der Waals surface area (Å²) < 4.78 is 34.1. The van der Waals surface area contributed by atoms with Crippen LogP contribution in [-0.2, 0) is 14.9 Å². The zero-order valence-corrected chi connectivity index (χ0v) is 21.5. The Balaban J connectivity index is 2.00. The van der Waals surface area contributed by atoms with Crippen molar-refractivity contribution in [2.75, 3.05) is 35.4 Å². The minimum Gasteiger partial charge on any atom is -0.496 e. The number of rotatable bonds is 8. The summed E-state index contributed by atoms with van der Waals surface area (Å²) in [6.07, 6.45) is 1.25. The molecule has 0 atom stereocenters. The summed E-state index contributed by atoms with van der Waals surface area (Å²) in [6, 6.07) is 14.1. The van der Waals surface area contributed by atoms with E-state index in [-0.39, 0.29) is 10.8 Å². The van der Waals surface area contributed by atoms with Crippen molar-refractivity contribution in [1.29, 1.82) is 0 Å². The highest BCUT2D eigenvalue weighted by molar-refractivity contribution is 7.90. The van der Waals surface area contributed by atoms with Gasteiger partial charge in [0.2, 0.25) is 0 Å². The van der Waals surface area contributed by atoms with Crippen molar-refractivity contribution in [3.05, 3.63) is 59.0 Å². The summed E-state index contributed by atoms with van der Waals surface area (Å²) in [5.41, 5.74) is 3.48. The molecule has 180 valence electrons. The van der Waals surface area contributed by atoms with Crippen molar-refractivity contribution < 1.29 is 22.8 Å². The molecule has 0 aliphatic heterocycles. The molecule has 0 aliphatic carbocycles. The number of hydrogen-bond acceptors (Lipinski definition) is 6. The highest BCUT2D eigenvalue weighted by Crippen LogP contribution is 2.39. The molecule has 34 heavy (non-hydrogen) atoms. The molecule has 10 heteroatoms. The van der Waals surface area contributed by atoms with Crippen LogP contribution in [0, 0.1) is 6.92 Å². The van der Waals surface area contributed by atoms with Crippen molar-refractivity contribution in [2.45, 2.75) is 11.8 Å². The van der Waals surface area contributed by atoms with E-state index in [1.54, 1.807) is 45.3 Å². The third-order valence-corrected chi connectivity index (χ3v) is 7.54. The summed E-state index contributed by atoms with van der Waals surface area (Å²) in [6.45, 7) is 1.95. The Morgan fingerprint density at radius 1 is 1.00 bits per heavy atom. The van der Waals surface area contributed by atoms with Crippen LogP contribution in [0.1, 0.15) is 15.2 Å². The van der Waals surface area contributed by atoms with Crippen LogP contribution in [0.4, 0.5) is 0 Å². The first-order chi connectivity index (χ1) is 16.1. The Labute approximate surface area is 204 Å². The molecule has 0 unspecified atom stereocenters. The smallest absolute Gasteiger partial charge is 0.287 e. The number of methoxy groups -OCH3 is 1. The van der Waals surface area contributed by atoms with Gasteiger partial charge in [0.1, 0.15) is 12.1 Å². The molecule has 0 spiro atoms. The monoisotopic (exact) mass is 501 g/mol. The zero-order chi connectivity index (χ0) is 25.0. The first-order valence-corrected chi connectivity index (χ1v) is 12.5. The zero-order valence-electron chi connectivity index (χ0n) is 19.9. The molecule has 0 saturated carbocycles. The molecule has 3 aromatic rings. The number of aryl methyl sites for hydroxylation is 1. The molecule has 0 aliphatic rings. The second kappa shape index (κ2) is 10.4. The molecule has 0 N–H and O–H groups in total. The molecule has 2 aromatic carbocycles. The Morgan fingerprint density at radius 2 is 1.65 bits per heavy atom. The first-order valence-electron chi connectivity index (χ1n) is 10.3. The summed E-state index contributed by atoms with van der Waals surface area (Å²) >= 11 is 1.38. The quantitative estimate of drug-likeness (QED) is 0.260. The topological polar surface area (TPSA) is 88.5 Å². The van der Waals surface area contributed by atoms with E-state index in [9.17, 15) is 13.2 Å². The molecule has 0 fully saturated rings. The lowest BCUT2D eigenvalue weighted by Crippen LogP contribution is -2.24. The van der Waals surface area contributed by atoms with Crippen LogP contribution in [0.3, 0.4) is 0 Å². The van der Waals surface area contributed by atoms with Crippen LogP contribution in [0.25, 0.3) is 21.6 Å². The number of amides is 1. The van der Waals surface area contributed by atoms with Gasteiger partial charge < -0.3 is 9.64 Å². The van der Waals surface area contributed by atoms with E-state index >= 15 is 0 Å². The van der Waals surface area contributed by atoms with E-state index in [4.69, 9.17) is 9.57 Å².